The number of hydrogen-bond donors (Lipinski definition) is 1. The van der Waals surface area contributed by atoms with Crippen LogP contribution < -0.4 is 10.5 Å². The summed E-state index contributed by atoms with van der Waals surface area (Å²) in [6.07, 6.45) is 1.11. The van der Waals surface area contributed by atoms with E-state index in [9.17, 15) is 4.79 Å². The third kappa shape index (κ3) is 3.00. The zero-order chi connectivity index (χ0) is 15.7. The monoisotopic (exact) mass is 316 g/mol. The molecule has 116 valence electrons. The average Bonchev–Trinajstić information content (AvgIpc) is 3.12. The lowest BCUT2D eigenvalue weighted by atomic mass is 10.0. The number of ether oxygens (including phenoxy) is 1. The number of amides is 1. The molecule has 0 fully saturated rings. The van der Waals surface area contributed by atoms with Crippen LogP contribution in [0.1, 0.15) is 27.7 Å². The van der Waals surface area contributed by atoms with E-state index < -0.39 is 0 Å². The third-order valence-electron chi connectivity index (χ3n) is 4.25. The van der Waals surface area contributed by atoms with E-state index in [4.69, 9.17) is 10.5 Å². The Labute approximate surface area is 134 Å². The molecule has 4 nitrogen and oxygen atoms in total. The van der Waals surface area contributed by atoms with Crippen LogP contribution in [0.15, 0.2) is 35.7 Å². The molecule has 1 aliphatic rings. The minimum absolute atomic E-state index is 0.165. The largest absolute Gasteiger partial charge is 0.488 e. The van der Waals surface area contributed by atoms with Crippen molar-refractivity contribution >= 4 is 17.2 Å². The van der Waals surface area contributed by atoms with E-state index in [1.165, 1.54) is 5.56 Å². The highest BCUT2D eigenvalue weighted by molar-refractivity contribution is 7.10. The Morgan fingerprint density at radius 2 is 2.27 bits per heavy atom. The molecule has 3 rings (SSSR count). The number of hydrogen-bond acceptors (Lipinski definition) is 4. The minimum Gasteiger partial charge on any atom is -0.488 e. The van der Waals surface area contributed by atoms with Gasteiger partial charge in [0.05, 0.1) is 5.56 Å². The topological polar surface area (TPSA) is 55.6 Å². The summed E-state index contributed by atoms with van der Waals surface area (Å²) in [7, 11) is 2.08. The smallest absolute Gasteiger partial charge is 0.249 e. The van der Waals surface area contributed by atoms with Crippen LogP contribution in [0.2, 0.25) is 0 Å². The van der Waals surface area contributed by atoms with E-state index >= 15 is 0 Å². The molecular weight excluding hydrogens is 296 g/mol. The van der Waals surface area contributed by atoms with Crippen LogP contribution in [0.25, 0.3) is 0 Å². The molecule has 0 spiro atoms. The zero-order valence-corrected chi connectivity index (χ0v) is 13.6. The lowest BCUT2D eigenvalue weighted by Gasteiger charge is -2.28. The van der Waals surface area contributed by atoms with Gasteiger partial charge in [-0.2, -0.15) is 0 Å². The second kappa shape index (κ2) is 6.10. The first-order valence-corrected chi connectivity index (χ1v) is 8.24. The van der Waals surface area contributed by atoms with Crippen LogP contribution in [-0.2, 0) is 13.0 Å². The molecule has 0 saturated carbocycles. The molecular formula is C17H20N2O2S. The maximum Gasteiger partial charge on any atom is 0.249 e. The third-order valence-corrected chi connectivity index (χ3v) is 5.17. The fourth-order valence-corrected chi connectivity index (χ4v) is 3.68. The molecule has 0 unspecified atom stereocenters. The second-order valence-corrected chi connectivity index (χ2v) is 6.79. The number of carbonyl (C=O) groups excluding carboxylic acids is 1. The maximum absolute atomic E-state index is 11.2. The minimum atomic E-state index is -0.368. The lowest BCUT2D eigenvalue weighted by molar-refractivity contribution is 0.0999. The summed E-state index contributed by atoms with van der Waals surface area (Å²) in [6.45, 7) is 2.97. The van der Waals surface area contributed by atoms with Gasteiger partial charge in [0, 0.05) is 29.3 Å². The predicted molar refractivity (Wildman–Crippen MR) is 88.3 cm³/mol. The predicted octanol–water partition coefficient (Wildman–Crippen LogP) is 2.67. The number of thiophene rings is 1. The molecule has 2 heterocycles. The summed E-state index contributed by atoms with van der Waals surface area (Å²) in [6, 6.07) is 10.4. The van der Waals surface area contributed by atoms with Gasteiger partial charge in [-0.1, -0.05) is 18.2 Å². The fraction of sp³-hybridized carbons (Fsp3) is 0.353. The molecule has 0 bridgehead atoms. The number of rotatable bonds is 5. The van der Waals surface area contributed by atoms with Gasteiger partial charge < -0.3 is 10.5 Å². The van der Waals surface area contributed by atoms with Crippen molar-refractivity contribution in [2.75, 3.05) is 7.05 Å². The van der Waals surface area contributed by atoms with Crippen LogP contribution in [0.3, 0.4) is 0 Å². The standard InChI is InChI=1S/C17H20N2O2S/c1-11(16-8-12-5-3-4-6-15(12)21-16)19(2)9-14-7-13(10-22-14)17(18)20/h3-7,10-11,16H,8-9H2,1-2H3,(H2,18,20)/t11-,16-/m0/s1. The highest BCUT2D eigenvalue weighted by atomic mass is 32.1. The summed E-state index contributed by atoms with van der Waals surface area (Å²) in [5, 5.41) is 1.82. The van der Waals surface area contributed by atoms with Crippen LogP contribution >= 0.6 is 11.3 Å². The highest BCUT2D eigenvalue weighted by Gasteiger charge is 2.29. The Bertz CT molecular complexity index is 658. The van der Waals surface area contributed by atoms with Crippen LogP contribution in [0.5, 0.6) is 5.75 Å². The Morgan fingerprint density at radius 3 is 2.95 bits per heavy atom. The Hall–Kier alpha value is -1.85. The van der Waals surface area contributed by atoms with Crippen molar-refractivity contribution in [3.05, 3.63) is 51.7 Å². The quantitative estimate of drug-likeness (QED) is 0.922. The molecule has 0 radical (unpaired) electrons. The van der Waals surface area contributed by atoms with Crippen LogP contribution in [0, 0.1) is 0 Å². The summed E-state index contributed by atoms with van der Waals surface area (Å²) in [5.74, 6) is 0.632. The Kier molecular flexibility index (Phi) is 4.18. The van der Waals surface area contributed by atoms with E-state index in [-0.39, 0.29) is 18.1 Å². The number of para-hydroxylation sites is 1. The summed E-state index contributed by atoms with van der Waals surface area (Å²) in [5.41, 5.74) is 7.17. The Balaban J connectivity index is 1.63. The SMILES string of the molecule is C[C@@H]([C@@H]1Cc2ccccc2O1)N(C)Cc1cc(C(N)=O)cs1. The molecule has 2 N–H and O–H groups in total. The normalized spacial score (nSPS) is 18.0. The van der Waals surface area contributed by atoms with Gasteiger partial charge in [0.1, 0.15) is 11.9 Å². The first-order valence-electron chi connectivity index (χ1n) is 7.36. The fourth-order valence-electron chi connectivity index (χ4n) is 2.74. The molecule has 1 aliphatic heterocycles. The van der Waals surface area contributed by atoms with Crippen molar-refractivity contribution in [1.82, 2.24) is 4.90 Å². The summed E-state index contributed by atoms with van der Waals surface area (Å²) >= 11 is 1.57. The Morgan fingerprint density at radius 1 is 1.50 bits per heavy atom. The van der Waals surface area contributed by atoms with Gasteiger partial charge >= 0.3 is 0 Å². The highest BCUT2D eigenvalue weighted by Crippen LogP contribution is 2.31. The lowest BCUT2D eigenvalue weighted by Crippen LogP contribution is -2.40. The zero-order valence-electron chi connectivity index (χ0n) is 12.8. The van der Waals surface area contributed by atoms with Gasteiger partial charge in [0.25, 0.3) is 0 Å². The average molecular weight is 316 g/mol. The van der Waals surface area contributed by atoms with Gasteiger partial charge in [-0.15, -0.1) is 11.3 Å². The maximum atomic E-state index is 11.2. The van der Waals surface area contributed by atoms with Crippen molar-refractivity contribution in [3.8, 4) is 5.75 Å². The molecule has 1 aromatic heterocycles. The number of fused-ring (bicyclic) bond motifs is 1. The molecule has 0 aliphatic carbocycles. The molecule has 2 atom stereocenters. The van der Waals surface area contributed by atoms with Gasteiger partial charge in [-0.3, -0.25) is 9.69 Å². The number of primary amides is 1. The van der Waals surface area contributed by atoms with Crippen molar-refractivity contribution in [2.45, 2.75) is 32.0 Å². The number of likely N-dealkylation sites (N-methyl/N-ethyl adjacent to an activating group) is 1. The number of benzene rings is 1. The van der Waals surface area contributed by atoms with Crippen LogP contribution in [-0.4, -0.2) is 30.0 Å². The molecule has 0 saturated heterocycles. The van der Waals surface area contributed by atoms with E-state index in [0.717, 1.165) is 23.6 Å². The van der Waals surface area contributed by atoms with E-state index in [1.54, 1.807) is 11.3 Å². The van der Waals surface area contributed by atoms with Gasteiger partial charge in [-0.05, 0) is 31.7 Å². The van der Waals surface area contributed by atoms with E-state index in [0.29, 0.717) is 5.56 Å². The van der Waals surface area contributed by atoms with Gasteiger partial charge in [-0.25, -0.2) is 0 Å². The molecule has 2 aromatic rings. The van der Waals surface area contributed by atoms with Crippen molar-refractivity contribution in [1.29, 1.82) is 0 Å². The van der Waals surface area contributed by atoms with Crippen LogP contribution in [0.4, 0.5) is 0 Å². The first kappa shape index (κ1) is 15.1. The van der Waals surface area contributed by atoms with E-state index in [1.807, 2.05) is 23.6 Å². The van der Waals surface area contributed by atoms with Crippen molar-refractivity contribution < 1.29 is 9.53 Å². The second-order valence-electron chi connectivity index (χ2n) is 5.79. The van der Waals surface area contributed by atoms with Gasteiger partial charge in [0.2, 0.25) is 5.91 Å². The number of nitrogens with zero attached hydrogens (tertiary/aromatic N) is 1. The summed E-state index contributed by atoms with van der Waals surface area (Å²) < 4.78 is 6.06. The summed E-state index contributed by atoms with van der Waals surface area (Å²) in [4.78, 5) is 14.6. The molecule has 1 amide bonds. The number of nitrogens with two attached hydrogens (primary N) is 1. The molecule has 5 heteroatoms. The molecule has 22 heavy (non-hydrogen) atoms. The van der Waals surface area contributed by atoms with E-state index in [2.05, 4.69) is 31.0 Å². The van der Waals surface area contributed by atoms with Crippen molar-refractivity contribution in [3.63, 3.8) is 0 Å². The van der Waals surface area contributed by atoms with Gasteiger partial charge in [0.15, 0.2) is 0 Å². The van der Waals surface area contributed by atoms with Crippen molar-refractivity contribution in [2.24, 2.45) is 5.73 Å². The first-order chi connectivity index (χ1) is 10.5. The molecule has 1 aromatic carbocycles. The number of carbonyl (C=O) groups is 1.